The van der Waals surface area contributed by atoms with E-state index < -0.39 is 22.0 Å². The Balaban J connectivity index is 2.42. The standard InChI is InChI=1S/C17H17Cl3N2O3S/c1-3-16(17(23)21-14-6-4-5-11(18)8-14)22(26(2,24)25)15-9-12(19)7-13(20)10-15/h4-10,16H,3H2,1-2H3,(H,21,23)/t16-/m1/s1. The summed E-state index contributed by atoms with van der Waals surface area (Å²) in [5.41, 5.74) is 0.691. The van der Waals surface area contributed by atoms with Crippen LogP contribution in [0.5, 0.6) is 0 Å². The summed E-state index contributed by atoms with van der Waals surface area (Å²) in [4.78, 5) is 12.8. The average molecular weight is 436 g/mol. The Bertz CT molecular complexity index is 899. The lowest BCUT2D eigenvalue weighted by atomic mass is 10.2. The van der Waals surface area contributed by atoms with Gasteiger partial charge < -0.3 is 5.32 Å². The molecule has 1 N–H and O–H groups in total. The summed E-state index contributed by atoms with van der Waals surface area (Å²) < 4.78 is 25.8. The van der Waals surface area contributed by atoms with Gasteiger partial charge in [-0.1, -0.05) is 47.8 Å². The number of hydrogen-bond acceptors (Lipinski definition) is 3. The summed E-state index contributed by atoms with van der Waals surface area (Å²) in [5, 5.41) is 3.69. The van der Waals surface area contributed by atoms with Crippen molar-refractivity contribution in [3.05, 3.63) is 57.5 Å². The van der Waals surface area contributed by atoms with Crippen LogP contribution in [0.1, 0.15) is 13.3 Å². The Kier molecular flexibility index (Phi) is 6.80. The fourth-order valence-corrected chi connectivity index (χ4v) is 4.42. The third-order valence-corrected chi connectivity index (χ3v) is 5.38. The molecule has 26 heavy (non-hydrogen) atoms. The van der Waals surface area contributed by atoms with Crippen LogP contribution in [0.25, 0.3) is 0 Å². The summed E-state index contributed by atoms with van der Waals surface area (Å²) in [5.74, 6) is -0.490. The smallest absolute Gasteiger partial charge is 0.248 e. The fourth-order valence-electron chi connectivity index (χ4n) is 2.52. The van der Waals surface area contributed by atoms with Gasteiger partial charge in [-0.25, -0.2) is 8.42 Å². The highest BCUT2D eigenvalue weighted by Gasteiger charge is 2.32. The number of halogens is 3. The minimum absolute atomic E-state index is 0.220. The highest BCUT2D eigenvalue weighted by Crippen LogP contribution is 2.30. The number of carbonyl (C=O) groups is 1. The van der Waals surface area contributed by atoms with Gasteiger partial charge in [0.1, 0.15) is 6.04 Å². The molecule has 0 radical (unpaired) electrons. The lowest BCUT2D eigenvalue weighted by Crippen LogP contribution is -2.47. The molecule has 0 fully saturated rings. The number of hydrogen-bond donors (Lipinski definition) is 1. The SMILES string of the molecule is CC[C@H](C(=O)Nc1cccc(Cl)c1)N(c1cc(Cl)cc(Cl)c1)S(C)(=O)=O. The molecule has 0 bridgehead atoms. The Morgan fingerprint density at radius 3 is 2.19 bits per heavy atom. The molecule has 9 heteroatoms. The third-order valence-electron chi connectivity index (χ3n) is 3.52. The number of amides is 1. The minimum Gasteiger partial charge on any atom is -0.324 e. The molecule has 2 aromatic rings. The summed E-state index contributed by atoms with van der Waals surface area (Å²) >= 11 is 17.9. The summed E-state index contributed by atoms with van der Waals surface area (Å²) in [7, 11) is -3.78. The summed E-state index contributed by atoms with van der Waals surface area (Å²) in [6.07, 6.45) is 1.26. The van der Waals surface area contributed by atoms with Crippen molar-refractivity contribution in [3.8, 4) is 0 Å². The number of nitrogens with one attached hydrogen (secondary N) is 1. The van der Waals surface area contributed by atoms with Crippen molar-refractivity contribution in [1.82, 2.24) is 0 Å². The number of anilines is 2. The Morgan fingerprint density at radius 1 is 1.08 bits per heavy atom. The van der Waals surface area contributed by atoms with Gasteiger partial charge in [0, 0.05) is 20.8 Å². The van der Waals surface area contributed by atoms with E-state index in [0.29, 0.717) is 10.7 Å². The molecule has 0 saturated carbocycles. The van der Waals surface area contributed by atoms with E-state index in [9.17, 15) is 13.2 Å². The quantitative estimate of drug-likeness (QED) is 0.706. The van der Waals surface area contributed by atoms with E-state index in [4.69, 9.17) is 34.8 Å². The van der Waals surface area contributed by atoms with E-state index in [2.05, 4.69) is 5.32 Å². The molecule has 2 rings (SSSR count). The first kappa shape index (κ1) is 20.8. The van der Waals surface area contributed by atoms with Crippen LogP contribution in [0.15, 0.2) is 42.5 Å². The van der Waals surface area contributed by atoms with E-state index in [1.165, 1.54) is 18.2 Å². The second-order valence-electron chi connectivity index (χ2n) is 5.61. The largest absolute Gasteiger partial charge is 0.324 e. The second-order valence-corrected chi connectivity index (χ2v) is 8.78. The van der Waals surface area contributed by atoms with Crippen LogP contribution in [0.2, 0.25) is 15.1 Å². The van der Waals surface area contributed by atoms with Crippen molar-refractivity contribution in [1.29, 1.82) is 0 Å². The van der Waals surface area contributed by atoms with Crippen LogP contribution in [-0.4, -0.2) is 26.6 Å². The first-order valence-corrected chi connectivity index (χ1v) is 10.6. The lowest BCUT2D eigenvalue weighted by Gasteiger charge is -2.30. The Labute approximate surface area is 167 Å². The second kappa shape index (κ2) is 8.48. The number of nitrogens with zero attached hydrogens (tertiary/aromatic N) is 1. The zero-order valence-electron chi connectivity index (χ0n) is 14.0. The van der Waals surface area contributed by atoms with E-state index >= 15 is 0 Å². The van der Waals surface area contributed by atoms with Crippen LogP contribution in [0.3, 0.4) is 0 Å². The van der Waals surface area contributed by atoms with Crippen LogP contribution in [0.4, 0.5) is 11.4 Å². The number of carbonyl (C=O) groups excluding carboxylic acids is 1. The predicted molar refractivity (Wildman–Crippen MR) is 108 cm³/mol. The van der Waals surface area contributed by atoms with Crippen molar-refractivity contribution in [2.24, 2.45) is 0 Å². The van der Waals surface area contributed by atoms with Gasteiger partial charge in [0.2, 0.25) is 15.9 Å². The molecule has 0 spiro atoms. The van der Waals surface area contributed by atoms with E-state index in [1.807, 2.05) is 0 Å². The minimum atomic E-state index is -3.78. The van der Waals surface area contributed by atoms with Crippen molar-refractivity contribution in [3.63, 3.8) is 0 Å². The monoisotopic (exact) mass is 434 g/mol. The highest BCUT2D eigenvalue weighted by atomic mass is 35.5. The highest BCUT2D eigenvalue weighted by molar-refractivity contribution is 7.92. The molecular weight excluding hydrogens is 419 g/mol. The van der Waals surface area contributed by atoms with Crippen molar-refractivity contribution in [2.45, 2.75) is 19.4 Å². The maximum absolute atomic E-state index is 12.8. The van der Waals surface area contributed by atoms with Crippen LogP contribution < -0.4 is 9.62 Å². The van der Waals surface area contributed by atoms with Gasteiger partial charge in [-0.15, -0.1) is 0 Å². The zero-order valence-corrected chi connectivity index (χ0v) is 17.1. The number of benzene rings is 2. The molecular formula is C17H17Cl3N2O3S. The molecule has 0 aromatic heterocycles. The van der Waals surface area contributed by atoms with E-state index in [1.54, 1.807) is 31.2 Å². The van der Waals surface area contributed by atoms with E-state index in [-0.39, 0.29) is 22.2 Å². The molecule has 0 aliphatic carbocycles. The maximum atomic E-state index is 12.8. The molecule has 0 unspecified atom stereocenters. The predicted octanol–water partition coefficient (Wildman–Crippen LogP) is 4.83. The molecule has 0 aliphatic rings. The molecule has 1 amide bonds. The molecule has 2 aromatic carbocycles. The number of rotatable bonds is 6. The number of sulfonamides is 1. The van der Waals surface area contributed by atoms with Crippen LogP contribution >= 0.6 is 34.8 Å². The van der Waals surface area contributed by atoms with Crippen LogP contribution in [-0.2, 0) is 14.8 Å². The maximum Gasteiger partial charge on any atom is 0.248 e. The van der Waals surface area contributed by atoms with Gasteiger partial charge in [0.15, 0.2) is 0 Å². The molecule has 140 valence electrons. The Hall–Kier alpha value is -1.47. The van der Waals surface area contributed by atoms with Gasteiger partial charge in [-0.3, -0.25) is 9.10 Å². The first-order chi connectivity index (χ1) is 12.1. The fraction of sp³-hybridized carbons (Fsp3) is 0.235. The van der Waals surface area contributed by atoms with Crippen LogP contribution in [0, 0.1) is 0 Å². The topological polar surface area (TPSA) is 66.5 Å². The first-order valence-electron chi connectivity index (χ1n) is 7.63. The van der Waals surface area contributed by atoms with Gasteiger partial charge in [0.25, 0.3) is 0 Å². The van der Waals surface area contributed by atoms with Gasteiger partial charge >= 0.3 is 0 Å². The summed E-state index contributed by atoms with van der Waals surface area (Å²) in [6, 6.07) is 9.99. The van der Waals surface area contributed by atoms with Gasteiger partial charge in [0.05, 0.1) is 11.9 Å². The van der Waals surface area contributed by atoms with Gasteiger partial charge in [-0.2, -0.15) is 0 Å². The normalized spacial score (nSPS) is 12.5. The molecule has 0 saturated heterocycles. The van der Waals surface area contributed by atoms with Crippen molar-refractivity contribution in [2.75, 3.05) is 15.9 Å². The third kappa shape index (κ3) is 5.27. The molecule has 1 atom stereocenters. The Morgan fingerprint density at radius 2 is 1.69 bits per heavy atom. The van der Waals surface area contributed by atoms with Crippen molar-refractivity contribution < 1.29 is 13.2 Å². The zero-order chi connectivity index (χ0) is 19.5. The average Bonchev–Trinajstić information content (AvgIpc) is 2.49. The van der Waals surface area contributed by atoms with Crippen molar-refractivity contribution >= 4 is 62.1 Å². The molecule has 0 heterocycles. The van der Waals surface area contributed by atoms with E-state index in [0.717, 1.165) is 10.6 Å². The molecule has 5 nitrogen and oxygen atoms in total. The lowest BCUT2D eigenvalue weighted by molar-refractivity contribution is -0.117. The summed E-state index contributed by atoms with van der Waals surface area (Å²) in [6.45, 7) is 1.71. The molecule has 0 aliphatic heterocycles. The van der Waals surface area contributed by atoms with Gasteiger partial charge in [-0.05, 0) is 42.8 Å².